The van der Waals surface area contributed by atoms with Crippen molar-refractivity contribution in [3.63, 3.8) is 0 Å². The summed E-state index contributed by atoms with van der Waals surface area (Å²) in [6.07, 6.45) is 4.00. The molecule has 6 rings (SSSR count). The highest BCUT2D eigenvalue weighted by Crippen LogP contribution is 2.46. The molecule has 0 fully saturated rings. The molecular formula is C30H27NO2. The van der Waals surface area contributed by atoms with Crippen LogP contribution in [0.15, 0.2) is 60.7 Å². The number of nitrogens with zero attached hydrogens (tertiary/aromatic N) is 1. The van der Waals surface area contributed by atoms with Gasteiger partial charge in [0.2, 0.25) is 0 Å². The molecule has 3 aromatic carbocycles. The van der Waals surface area contributed by atoms with Crippen molar-refractivity contribution in [3.05, 3.63) is 88.5 Å². The molecule has 0 atom stereocenters. The minimum absolute atomic E-state index is 0.909. The molecule has 0 bridgehead atoms. The maximum absolute atomic E-state index is 5.50. The van der Waals surface area contributed by atoms with Crippen LogP contribution in [0.2, 0.25) is 0 Å². The van der Waals surface area contributed by atoms with Crippen molar-refractivity contribution in [1.82, 2.24) is 4.98 Å². The van der Waals surface area contributed by atoms with Crippen LogP contribution in [-0.4, -0.2) is 19.2 Å². The Morgan fingerprint density at radius 3 is 1.64 bits per heavy atom. The van der Waals surface area contributed by atoms with Crippen molar-refractivity contribution < 1.29 is 9.47 Å². The maximum Gasteiger partial charge on any atom is 0.119 e. The summed E-state index contributed by atoms with van der Waals surface area (Å²) in [5.41, 5.74) is 14.1. The van der Waals surface area contributed by atoms with E-state index in [1.165, 1.54) is 50.1 Å². The van der Waals surface area contributed by atoms with E-state index < -0.39 is 0 Å². The van der Waals surface area contributed by atoms with Crippen molar-refractivity contribution in [2.45, 2.75) is 32.6 Å². The maximum atomic E-state index is 5.50. The van der Waals surface area contributed by atoms with E-state index in [0.717, 1.165) is 48.6 Å². The summed E-state index contributed by atoms with van der Waals surface area (Å²) in [6.45, 7) is 2.15. The Hall–Kier alpha value is -3.59. The molecule has 0 spiro atoms. The molecule has 1 aromatic heterocycles. The molecule has 3 nitrogen and oxygen atoms in total. The van der Waals surface area contributed by atoms with Crippen LogP contribution in [0.3, 0.4) is 0 Å². The number of methoxy groups -OCH3 is 2. The smallest absolute Gasteiger partial charge is 0.119 e. The summed E-state index contributed by atoms with van der Waals surface area (Å²) in [6, 6.07) is 21.8. The van der Waals surface area contributed by atoms with Crippen molar-refractivity contribution in [3.8, 4) is 45.1 Å². The van der Waals surface area contributed by atoms with Crippen LogP contribution in [0, 0.1) is 6.92 Å². The van der Waals surface area contributed by atoms with Crippen LogP contribution in [0.5, 0.6) is 11.5 Å². The second kappa shape index (κ2) is 7.77. The summed E-state index contributed by atoms with van der Waals surface area (Å²) in [7, 11) is 3.46. The van der Waals surface area contributed by atoms with E-state index in [1.807, 2.05) is 0 Å². The average Bonchev–Trinajstić information content (AvgIpc) is 2.87. The van der Waals surface area contributed by atoms with Crippen LogP contribution in [0.1, 0.15) is 27.8 Å². The number of rotatable bonds is 3. The molecule has 4 aromatic rings. The third-order valence-corrected chi connectivity index (χ3v) is 7.16. The van der Waals surface area contributed by atoms with E-state index in [2.05, 4.69) is 67.6 Å². The van der Waals surface area contributed by atoms with Gasteiger partial charge in [0.25, 0.3) is 0 Å². The summed E-state index contributed by atoms with van der Waals surface area (Å²) in [5.74, 6) is 1.82. The average molecular weight is 434 g/mol. The Labute approximate surface area is 195 Å². The van der Waals surface area contributed by atoms with E-state index in [1.54, 1.807) is 14.2 Å². The minimum Gasteiger partial charge on any atom is -0.497 e. The lowest BCUT2D eigenvalue weighted by atomic mass is 9.78. The molecule has 0 aliphatic heterocycles. The number of hydrogen-bond acceptors (Lipinski definition) is 3. The highest BCUT2D eigenvalue weighted by molar-refractivity contribution is 5.88. The van der Waals surface area contributed by atoms with Gasteiger partial charge in [0, 0.05) is 11.1 Å². The number of hydrogen-bond donors (Lipinski definition) is 0. The van der Waals surface area contributed by atoms with Gasteiger partial charge in [-0.25, -0.2) is 4.98 Å². The number of benzene rings is 3. The Morgan fingerprint density at radius 1 is 0.636 bits per heavy atom. The molecule has 3 heteroatoms. The molecular weight excluding hydrogens is 406 g/mol. The zero-order valence-electron chi connectivity index (χ0n) is 19.4. The summed E-state index contributed by atoms with van der Waals surface area (Å²) in [5, 5.41) is 0. The Bertz CT molecular complexity index is 1300. The fraction of sp³-hybridized carbons (Fsp3) is 0.233. The molecule has 0 N–H and O–H groups in total. The first-order valence-corrected chi connectivity index (χ1v) is 11.6. The molecule has 33 heavy (non-hydrogen) atoms. The number of aryl methyl sites for hydroxylation is 3. The van der Waals surface area contributed by atoms with Crippen molar-refractivity contribution in [1.29, 1.82) is 0 Å². The van der Waals surface area contributed by atoms with Crippen molar-refractivity contribution in [2.75, 3.05) is 14.2 Å². The molecule has 2 aliphatic carbocycles. The van der Waals surface area contributed by atoms with Gasteiger partial charge in [-0.1, -0.05) is 29.8 Å². The standard InChI is InChI=1S/C30H27NO2/c1-18-4-6-19(7-5-18)28-26-12-8-20-16-22(32-2)10-14-24(20)29(26)31-30-25-15-11-23(33-3)17-21(25)9-13-27(28)30/h4-7,10-11,14-17H,8-9,12-13H2,1-3H3. The van der Waals surface area contributed by atoms with Crippen LogP contribution in [0.25, 0.3) is 33.6 Å². The van der Waals surface area contributed by atoms with Crippen molar-refractivity contribution >= 4 is 0 Å². The number of aromatic nitrogens is 1. The first-order chi connectivity index (χ1) is 16.2. The zero-order valence-corrected chi connectivity index (χ0v) is 19.4. The lowest BCUT2D eigenvalue weighted by Crippen LogP contribution is -2.15. The molecule has 0 radical (unpaired) electrons. The minimum atomic E-state index is 0.909. The van der Waals surface area contributed by atoms with Gasteiger partial charge in [-0.15, -0.1) is 0 Å². The predicted molar refractivity (Wildman–Crippen MR) is 133 cm³/mol. The predicted octanol–water partition coefficient (Wildman–Crippen LogP) is 6.61. The SMILES string of the molecule is COc1ccc2c(c1)CCc1c-2nc2c(c1-c1ccc(C)cc1)CCc1cc(OC)ccc1-2. The fourth-order valence-electron chi connectivity index (χ4n) is 5.46. The second-order valence-corrected chi connectivity index (χ2v) is 9.05. The molecule has 2 aliphatic rings. The third kappa shape index (κ3) is 3.22. The lowest BCUT2D eigenvalue weighted by molar-refractivity contribution is 0.414. The quantitative estimate of drug-likeness (QED) is 0.364. The Morgan fingerprint density at radius 2 is 1.15 bits per heavy atom. The molecule has 0 unspecified atom stereocenters. The molecule has 164 valence electrons. The van der Waals surface area contributed by atoms with E-state index in [9.17, 15) is 0 Å². The van der Waals surface area contributed by atoms with Crippen LogP contribution in [-0.2, 0) is 25.7 Å². The molecule has 1 heterocycles. The topological polar surface area (TPSA) is 31.4 Å². The van der Waals surface area contributed by atoms with Gasteiger partial charge in [0.05, 0.1) is 25.6 Å². The summed E-state index contributed by atoms with van der Waals surface area (Å²) >= 11 is 0. The van der Waals surface area contributed by atoms with E-state index in [-0.39, 0.29) is 0 Å². The van der Waals surface area contributed by atoms with E-state index in [4.69, 9.17) is 14.5 Å². The van der Waals surface area contributed by atoms with Gasteiger partial charge in [0.15, 0.2) is 0 Å². The number of fused-ring (bicyclic) bond motifs is 6. The zero-order chi connectivity index (χ0) is 22.5. The normalized spacial score (nSPS) is 13.4. The highest BCUT2D eigenvalue weighted by atomic mass is 16.5. The Balaban J connectivity index is 1.65. The third-order valence-electron chi connectivity index (χ3n) is 7.16. The lowest BCUT2D eigenvalue weighted by Gasteiger charge is -2.29. The molecule has 0 amide bonds. The Kier molecular flexibility index (Phi) is 4.72. The van der Waals surface area contributed by atoms with Crippen LogP contribution >= 0.6 is 0 Å². The van der Waals surface area contributed by atoms with Gasteiger partial charge in [-0.3, -0.25) is 0 Å². The summed E-state index contributed by atoms with van der Waals surface area (Å²) in [4.78, 5) is 5.37. The van der Waals surface area contributed by atoms with Gasteiger partial charge in [-0.05, 0) is 102 Å². The monoisotopic (exact) mass is 433 g/mol. The fourth-order valence-corrected chi connectivity index (χ4v) is 5.46. The second-order valence-electron chi connectivity index (χ2n) is 9.05. The van der Waals surface area contributed by atoms with Gasteiger partial charge in [0.1, 0.15) is 11.5 Å². The molecule has 0 saturated carbocycles. The largest absolute Gasteiger partial charge is 0.497 e. The van der Waals surface area contributed by atoms with E-state index >= 15 is 0 Å². The van der Waals surface area contributed by atoms with E-state index in [0.29, 0.717) is 0 Å². The number of ether oxygens (including phenoxy) is 2. The van der Waals surface area contributed by atoms with Gasteiger partial charge < -0.3 is 9.47 Å². The van der Waals surface area contributed by atoms with Gasteiger partial charge in [-0.2, -0.15) is 0 Å². The first-order valence-electron chi connectivity index (χ1n) is 11.6. The molecule has 0 saturated heterocycles. The highest BCUT2D eigenvalue weighted by Gasteiger charge is 2.29. The van der Waals surface area contributed by atoms with Gasteiger partial charge >= 0.3 is 0 Å². The number of pyridine rings is 1. The first kappa shape index (κ1) is 20.0. The summed E-state index contributed by atoms with van der Waals surface area (Å²) < 4.78 is 11.0. The van der Waals surface area contributed by atoms with Crippen LogP contribution < -0.4 is 9.47 Å². The van der Waals surface area contributed by atoms with Crippen molar-refractivity contribution in [2.24, 2.45) is 0 Å². The van der Waals surface area contributed by atoms with Crippen LogP contribution in [0.4, 0.5) is 0 Å².